The van der Waals surface area contributed by atoms with Crippen molar-refractivity contribution in [1.82, 2.24) is 15.3 Å². The molecule has 0 aliphatic carbocycles. The van der Waals surface area contributed by atoms with Crippen LogP contribution in [0.3, 0.4) is 0 Å². The van der Waals surface area contributed by atoms with E-state index in [1.165, 1.54) is 6.07 Å². The van der Waals surface area contributed by atoms with E-state index >= 15 is 0 Å². The van der Waals surface area contributed by atoms with Crippen molar-refractivity contribution in [2.45, 2.75) is 12.8 Å². The zero-order valence-corrected chi connectivity index (χ0v) is 18.4. The summed E-state index contributed by atoms with van der Waals surface area (Å²) in [6, 6.07) is 19.3. The summed E-state index contributed by atoms with van der Waals surface area (Å²) in [5.74, 6) is 0.0538. The van der Waals surface area contributed by atoms with Gasteiger partial charge in [-0.15, -0.1) is 0 Å². The normalized spacial score (nSPS) is 14.0. The lowest BCUT2D eigenvalue weighted by atomic mass is 9.91. The maximum Gasteiger partial charge on any atom is 0.184 e. The molecule has 0 unspecified atom stereocenters. The fourth-order valence-corrected chi connectivity index (χ4v) is 4.22. The third-order valence-electron chi connectivity index (χ3n) is 6.09. The molecule has 4 aromatic rings. The van der Waals surface area contributed by atoms with Crippen molar-refractivity contribution >= 4 is 28.2 Å². The summed E-state index contributed by atoms with van der Waals surface area (Å²) in [5, 5.41) is 16.2. The fourth-order valence-electron chi connectivity index (χ4n) is 4.22. The molecule has 168 valence electrons. The first kappa shape index (κ1) is 21.7. The third kappa shape index (κ3) is 4.49. The Morgan fingerprint density at radius 3 is 2.68 bits per heavy atom. The smallest absolute Gasteiger partial charge is 0.184 e. The van der Waals surface area contributed by atoms with Gasteiger partial charge in [0.1, 0.15) is 17.3 Å². The number of rotatable bonds is 5. The van der Waals surface area contributed by atoms with Crippen molar-refractivity contribution in [1.29, 1.82) is 5.26 Å². The van der Waals surface area contributed by atoms with Gasteiger partial charge >= 0.3 is 0 Å². The van der Waals surface area contributed by atoms with Crippen LogP contribution in [-0.2, 0) is 0 Å². The molecular weight excluding hydrogens is 429 g/mol. The molecule has 5 rings (SSSR count). The van der Waals surface area contributed by atoms with Crippen molar-refractivity contribution in [2.24, 2.45) is 5.92 Å². The monoisotopic (exact) mass is 451 g/mol. The van der Waals surface area contributed by atoms with E-state index in [9.17, 15) is 9.18 Å². The fraction of sp³-hybridized carbons (Fsp3) is 0.185. The van der Waals surface area contributed by atoms with E-state index in [-0.39, 0.29) is 17.4 Å². The number of aromatic nitrogens is 2. The first-order chi connectivity index (χ1) is 16.6. The second-order valence-corrected chi connectivity index (χ2v) is 8.36. The molecule has 1 saturated heterocycles. The van der Waals surface area contributed by atoms with Gasteiger partial charge in [0.25, 0.3) is 0 Å². The molecule has 34 heavy (non-hydrogen) atoms. The largest absolute Gasteiger partial charge is 0.338 e. The molecule has 7 heteroatoms. The lowest BCUT2D eigenvalue weighted by molar-refractivity contribution is 0.0890. The molecular formula is C27H22FN5O. The standard InChI is InChI=1S/C27H22FN5O/c28-22-13-20(19-3-1-2-17(12-19)15-29)4-6-23(22)33-26-14-25-21(16-31-26)5-7-24(32-25)27(34)18-8-10-30-11-9-18/h1-7,12-14,16,18,30H,8-11H2,(H,31,33). The summed E-state index contributed by atoms with van der Waals surface area (Å²) >= 11 is 0. The highest BCUT2D eigenvalue weighted by molar-refractivity contribution is 5.98. The van der Waals surface area contributed by atoms with E-state index in [1.54, 1.807) is 48.7 Å². The first-order valence-corrected chi connectivity index (χ1v) is 11.2. The van der Waals surface area contributed by atoms with E-state index in [0.29, 0.717) is 28.2 Å². The van der Waals surface area contributed by atoms with E-state index in [2.05, 4.69) is 26.7 Å². The predicted molar refractivity (Wildman–Crippen MR) is 129 cm³/mol. The quantitative estimate of drug-likeness (QED) is 0.404. The van der Waals surface area contributed by atoms with Crippen LogP contribution in [0.25, 0.3) is 22.0 Å². The highest BCUT2D eigenvalue weighted by Crippen LogP contribution is 2.27. The van der Waals surface area contributed by atoms with Crippen LogP contribution in [0.15, 0.2) is 66.9 Å². The van der Waals surface area contributed by atoms with Gasteiger partial charge in [0, 0.05) is 23.6 Å². The molecule has 0 saturated carbocycles. The Kier molecular flexibility index (Phi) is 5.98. The highest BCUT2D eigenvalue weighted by atomic mass is 19.1. The minimum Gasteiger partial charge on any atom is -0.338 e. The average molecular weight is 452 g/mol. The number of pyridine rings is 2. The summed E-state index contributed by atoms with van der Waals surface area (Å²) in [6.45, 7) is 1.69. The molecule has 1 aliphatic heterocycles. The number of carbonyl (C=O) groups is 1. The maximum atomic E-state index is 14.9. The van der Waals surface area contributed by atoms with E-state index in [4.69, 9.17) is 5.26 Å². The van der Waals surface area contributed by atoms with Gasteiger partial charge in [-0.05, 0) is 73.5 Å². The Hall–Kier alpha value is -4.15. The van der Waals surface area contributed by atoms with Gasteiger partial charge in [0.05, 0.1) is 22.8 Å². The van der Waals surface area contributed by atoms with Crippen LogP contribution in [0, 0.1) is 23.1 Å². The van der Waals surface area contributed by atoms with Crippen LogP contribution in [0.1, 0.15) is 28.9 Å². The van der Waals surface area contributed by atoms with Gasteiger partial charge in [0.15, 0.2) is 5.78 Å². The van der Waals surface area contributed by atoms with E-state index < -0.39 is 5.82 Å². The molecule has 1 fully saturated rings. The number of carbonyl (C=O) groups excluding carboxylic acids is 1. The Morgan fingerprint density at radius 1 is 1.06 bits per heavy atom. The Bertz CT molecular complexity index is 1420. The van der Waals surface area contributed by atoms with Gasteiger partial charge in [-0.3, -0.25) is 4.79 Å². The van der Waals surface area contributed by atoms with Gasteiger partial charge in [-0.25, -0.2) is 14.4 Å². The number of nitriles is 1. The van der Waals surface area contributed by atoms with Gasteiger partial charge in [0.2, 0.25) is 0 Å². The maximum absolute atomic E-state index is 14.9. The van der Waals surface area contributed by atoms with Crippen LogP contribution < -0.4 is 10.6 Å². The van der Waals surface area contributed by atoms with Crippen molar-refractivity contribution < 1.29 is 9.18 Å². The van der Waals surface area contributed by atoms with Crippen LogP contribution in [0.4, 0.5) is 15.9 Å². The van der Waals surface area contributed by atoms with Crippen LogP contribution in [-0.4, -0.2) is 28.8 Å². The lowest BCUT2D eigenvalue weighted by Crippen LogP contribution is -2.32. The van der Waals surface area contributed by atoms with Crippen molar-refractivity contribution in [3.63, 3.8) is 0 Å². The topological polar surface area (TPSA) is 90.7 Å². The number of benzene rings is 2. The molecule has 0 radical (unpaired) electrons. The number of nitrogens with zero attached hydrogens (tertiary/aromatic N) is 3. The summed E-state index contributed by atoms with van der Waals surface area (Å²) in [5.41, 5.74) is 3.31. The van der Waals surface area contributed by atoms with Gasteiger partial charge in [-0.2, -0.15) is 5.26 Å². The molecule has 2 N–H and O–H groups in total. The Morgan fingerprint density at radius 2 is 1.88 bits per heavy atom. The first-order valence-electron chi connectivity index (χ1n) is 11.2. The van der Waals surface area contributed by atoms with E-state index in [0.717, 1.165) is 36.9 Å². The van der Waals surface area contributed by atoms with Crippen LogP contribution in [0.2, 0.25) is 0 Å². The van der Waals surface area contributed by atoms with Crippen LogP contribution >= 0.6 is 0 Å². The van der Waals surface area contributed by atoms with Gasteiger partial charge in [-0.1, -0.05) is 18.2 Å². The van der Waals surface area contributed by atoms with Crippen molar-refractivity contribution in [3.05, 3.63) is 83.9 Å². The minimum absolute atomic E-state index is 0.00732. The number of piperidine rings is 1. The summed E-state index contributed by atoms with van der Waals surface area (Å²) < 4.78 is 14.9. The molecule has 6 nitrogen and oxygen atoms in total. The summed E-state index contributed by atoms with van der Waals surface area (Å²) in [7, 11) is 0. The predicted octanol–water partition coefficient (Wildman–Crippen LogP) is 5.23. The van der Waals surface area contributed by atoms with Crippen LogP contribution in [0.5, 0.6) is 0 Å². The molecule has 1 aliphatic rings. The van der Waals surface area contributed by atoms with E-state index in [1.807, 2.05) is 12.1 Å². The number of hydrogen-bond acceptors (Lipinski definition) is 6. The summed E-state index contributed by atoms with van der Waals surface area (Å²) in [4.78, 5) is 21.8. The van der Waals surface area contributed by atoms with Crippen molar-refractivity contribution in [3.8, 4) is 17.2 Å². The molecule has 0 bridgehead atoms. The zero-order valence-electron chi connectivity index (χ0n) is 18.4. The molecule has 2 aromatic carbocycles. The second-order valence-electron chi connectivity index (χ2n) is 8.36. The third-order valence-corrected chi connectivity index (χ3v) is 6.09. The average Bonchev–Trinajstić information content (AvgIpc) is 2.89. The number of nitrogens with one attached hydrogen (secondary N) is 2. The Balaban J connectivity index is 1.39. The second kappa shape index (κ2) is 9.38. The molecule has 0 amide bonds. The zero-order chi connectivity index (χ0) is 23.5. The molecule has 3 heterocycles. The molecule has 0 atom stereocenters. The summed E-state index contributed by atoms with van der Waals surface area (Å²) in [6.07, 6.45) is 3.29. The minimum atomic E-state index is -0.440. The number of Topliss-reactive ketones (excluding diaryl/α,β-unsaturated/α-hetero) is 1. The number of anilines is 2. The van der Waals surface area contributed by atoms with Crippen molar-refractivity contribution in [2.75, 3.05) is 18.4 Å². The Labute approximate surface area is 196 Å². The van der Waals surface area contributed by atoms with Gasteiger partial charge < -0.3 is 10.6 Å². The number of fused-ring (bicyclic) bond motifs is 1. The molecule has 2 aromatic heterocycles. The number of ketones is 1. The highest BCUT2D eigenvalue weighted by Gasteiger charge is 2.23. The number of hydrogen-bond donors (Lipinski definition) is 2. The number of halogens is 1. The SMILES string of the molecule is N#Cc1cccc(-c2ccc(Nc3cc4nc(C(=O)C5CCNCC5)ccc4cn3)c(F)c2)c1. The lowest BCUT2D eigenvalue weighted by Gasteiger charge is -2.21. The molecule has 0 spiro atoms.